The molecule has 172 valence electrons. The molecule has 0 radical (unpaired) electrons. The van der Waals surface area contributed by atoms with Crippen LogP contribution in [0.4, 0.5) is 13.2 Å². The standard InChI is InChI=1S/C19H16F3N7O4/c1-10-5-13(28-33-10)16-26-25-15-6-14(31-2)18(27-29(15)16)32-8-12-4-3-11(7-23-12)17(30)24-9-19(20,21)22/h3-7H,8-9H2,1-2H3,(H,24,30). The molecule has 0 aromatic carbocycles. The van der Waals surface area contributed by atoms with Gasteiger partial charge in [-0.3, -0.25) is 9.78 Å². The van der Waals surface area contributed by atoms with Crippen LogP contribution in [0.3, 0.4) is 0 Å². The number of aryl methyl sites for hydroxylation is 1. The van der Waals surface area contributed by atoms with Gasteiger partial charge in [-0.15, -0.1) is 15.3 Å². The Morgan fingerprint density at radius 2 is 2.06 bits per heavy atom. The number of halogens is 3. The van der Waals surface area contributed by atoms with Crippen LogP contribution in [0.2, 0.25) is 0 Å². The molecular weight excluding hydrogens is 447 g/mol. The van der Waals surface area contributed by atoms with Gasteiger partial charge < -0.3 is 19.3 Å². The lowest BCUT2D eigenvalue weighted by molar-refractivity contribution is -0.123. The SMILES string of the molecule is COc1cc2nnc(-c3cc(C)on3)n2nc1OCc1ccc(C(=O)NCC(F)(F)F)cn1. The van der Waals surface area contributed by atoms with E-state index < -0.39 is 18.6 Å². The van der Waals surface area contributed by atoms with Crippen molar-refractivity contribution in [3.05, 3.63) is 47.5 Å². The van der Waals surface area contributed by atoms with Gasteiger partial charge in [-0.2, -0.15) is 17.7 Å². The number of fused-ring (bicyclic) bond motifs is 1. The molecule has 4 heterocycles. The minimum absolute atomic E-state index is 0.0165. The molecule has 0 saturated heterocycles. The second kappa shape index (κ2) is 8.72. The summed E-state index contributed by atoms with van der Waals surface area (Å²) < 4.78 is 54.2. The Morgan fingerprint density at radius 3 is 2.70 bits per heavy atom. The van der Waals surface area contributed by atoms with Gasteiger partial charge in [0.2, 0.25) is 5.82 Å². The molecule has 0 spiro atoms. The quantitative estimate of drug-likeness (QED) is 0.439. The number of carbonyl (C=O) groups is 1. The van der Waals surface area contributed by atoms with Gasteiger partial charge in [-0.25, -0.2) is 0 Å². The highest BCUT2D eigenvalue weighted by atomic mass is 19.4. The van der Waals surface area contributed by atoms with Crippen molar-refractivity contribution < 1.29 is 32.0 Å². The Balaban J connectivity index is 1.50. The van der Waals surface area contributed by atoms with Gasteiger partial charge in [-0.05, 0) is 19.1 Å². The summed E-state index contributed by atoms with van der Waals surface area (Å²) in [5.41, 5.74) is 1.21. The number of alkyl halides is 3. The zero-order chi connectivity index (χ0) is 23.6. The van der Waals surface area contributed by atoms with Crippen molar-refractivity contribution in [3.8, 4) is 23.1 Å². The number of carbonyl (C=O) groups excluding carboxylic acids is 1. The van der Waals surface area contributed by atoms with Crippen LogP contribution in [0.15, 0.2) is 35.0 Å². The minimum Gasteiger partial charge on any atom is -0.491 e. The van der Waals surface area contributed by atoms with Crippen molar-refractivity contribution in [2.75, 3.05) is 13.7 Å². The van der Waals surface area contributed by atoms with Crippen molar-refractivity contribution >= 4 is 11.6 Å². The van der Waals surface area contributed by atoms with E-state index in [1.807, 2.05) is 0 Å². The number of ether oxygens (including phenoxy) is 2. The molecule has 0 fully saturated rings. The lowest BCUT2D eigenvalue weighted by atomic mass is 10.2. The molecule has 1 amide bonds. The average Bonchev–Trinajstić information content (AvgIpc) is 3.40. The lowest BCUT2D eigenvalue weighted by Gasteiger charge is -2.10. The number of hydrogen-bond acceptors (Lipinski definition) is 9. The highest BCUT2D eigenvalue weighted by molar-refractivity contribution is 5.93. The van der Waals surface area contributed by atoms with Crippen LogP contribution >= 0.6 is 0 Å². The second-order valence-electron chi connectivity index (χ2n) is 6.76. The van der Waals surface area contributed by atoms with Crippen LogP contribution in [0.1, 0.15) is 21.8 Å². The Hall–Kier alpha value is -4.23. The number of amides is 1. The molecule has 4 aromatic rings. The van der Waals surface area contributed by atoms with E-state index in [9.17, 15) is 18.0 Å². The number of nitrogens with one attached hydrogen (secondary N) is 1. The Labute approximate surface area is 183 Å². The first-order valence-corrected chi connectivity index (χ1v) is 9.40. The fourth-order valence-electron chi connectivity index (χ4n) is 2.75. The molecule has 33 heavy (non-hydrogen) atoms. The van der Waals surface area contributed by atoms with Crippen molar-refractivity contribution in [1.82, 2.24) is 35.3 Å². The Kier molecular flexibility index (Phi) is 5.81. The number of nitrogens with zero attached hydrogens (tertiary/aromatic N) is 6. The van der Waals surface area contributed by atoms with E-state index >= 15 is 0 Å². The first-order chi connectivity index (χ1) is 15.7. The summed E-state index contributed by atoms with van der Waals surface area (Å²) in [5.74, 6) is 0.445. The second-order valence-corrected chi connectivity index (χ2v) is 6.76. The van der Waals surface area contributed by atoms with E-state index in [0.717, 1.165) is 6.20 Å². The monoisotopic (exact) mass is 463 g/mol. The van der Waals surface area contributed by atoms with Crippen LogP contribution in [-0.2, 0) is 6.61 Å². The van der Waals surface area contributed by atoms with Gasteiger partial charge in [-0.1, -0.05) is 5.16 Å². The number of pyridine rings is 1. The zero-order valence-corrected chi connectivity index (χ0v) is 17.3. The molecule has 0 bridgehead atoms. The number of aromatic nitrogens is 6. The number of rotatable bonds is 7. The normalized spacial score (nSPS) is 11.5. The van der Waals surface area contributed by atoms with Crippen LogP contribution in [0, 0.1) is 6.92 Å². The van der Waals surface area contributed by atoms with Crippen LogP contribution in [0.25, 0.3) is 17.2 Å². The summed E-state index contributed by atoms with van der Waals surface area (Å²) in [6.45, 7) is 0.256. The van der Waals surface area contributed by atoms with Crippen molar-refractivity contribution in [2.45, 2.75) is 19.7 Å². The topological polar surface area (TPSA) is 130 Å². The van der Waals surface area contributed by atoms with Crippen LogP contribution in [-0.4, -0.2) is 55.7 Å². The van der Waals surface area contributed by atoms with E-state index in [2.05, 4.69) is 25.4 Å². The molecule has 0 aliphatic heterocycles. The summed E-state index contributed by atoms with van der Waals surface area (Å²) in [7, 11) is 1.44. The largest absolute Gasteiger partial charge is 0.491 e. The van der Waals surface area contributed by atoms with E-state index in [0.29, 0.717) is 34.4 Å². The first kappa shape index (κ1) is 22.0. The molecular formula is C19H16F3N7O4. The summed E-state index contributed by atoms with van der Waals surface area (Å²) in [6, 6.07) is 6.05. The molecule has 0 aliphatic rings. The van der Waals surface area contributed by atoms with Crippen LogP contribution < -0.4 is 14.8 Å². The summed E-state index contributed by atoms with van der Waals surface area (Å²) >= 11 is 0. The minimum atomic E-state index is -4.50. The van der Waals surface area contributed by atoms with Gasteiger partial charge >= 0.3 is 6.18 Å². The third-order valence-corrected chi connectivity index (χ3v) is 4.30. The molecule has 0 saturated carbocycles. The van der Waals surface area contributed by atoms with Crippen molar-refractivity contribution in [3.63, 3.8) is 0 Å². The maximum atomic E-state index is 12.2. The van der Waals surface area contributed by atoms with E-state index in [1.54, 1.807) is 24.4 Å². The summed E-state index contributed by atoms with van der Waals surface area (Å²) in [4.78, 5) is 15.8. The van der Waals surface area contributed by atoms with Gasteiger partial charge in [0.25, 0.3) is 11.8 Å². The average molecular weight is 463 g/mol. The van der Waals surface area contributed by atoms with Gasteiger partial charge in [0.15, 0.2) is 17.1 Å². The first-order valence-electron chi connectivity index (χ1n) is 9.40. The molecule has 1 N–H and O–H groups in total. The summed E-state index contributed by atoms with van der Waals surface area (Å²) in [6.07, 6.45) is -3.34. The maximum Gasteiger partial charge on any atom is 0.405 e. The van der Waals surface area contributed by atoms with Crippen molar-refractivity contribution in [2.24, 2.45) is 0 Å². The van der Waals surface area contributed by atoms with Gasteiger partial charge in [0, 0.05) is 18.3 Å². The van der Waals surface area contributed by atoms with Gasteiger partial charge in [0.05, 0.1) is 18.4 Å². The highest BCUT2D eigenvalue weighted by Gasteiger charge is 2.28. The van der Waals surface area contributed by atoms with E-state index in [4.69, 9.17) is 14.0 Å². The zero-order valence-electron chi connectivity index (χ0n) is 17.3. The molecule has 4 rings (SSSR count). The molecule has 0 aliphatic carbocycles. The third kappa shape index (κ3) is 4.99. The fourth-order valence-corrected chi connectivity index (χ4v) is 2.75. The fraction of sp³-hybridized carbons (Fsp3) is 0.263. The van der Waals surface area contributed by atoms with E-state index in [-0.39, 0.29) is 18.1 Å². The predicted octanol–water partition coefficient (Wildman–Crippen LogP) is 2.36. The Morgan fingerprint density at radius 1 is 1.24 bits per heavy atom. The lowest BCUT2D eigenvalue weighted by Crippen LogP contribution is -2.33. The number of methoxy groups -OCH3 is 1. The predicted molar refractivity (Wildman–Crippen MR) is 105 cm³/mol. The summed E-state index contributed by atoms with van der Waals surface area (Å²) in [5, 5.41) is 18.2. The smallest absolute Gasteiger partial charge is 0.405 e. The van der Waals surface area contributed by atoms with Crippen molar-refractivity contribution in [1.29, 1.82) is 0 Å². The van der Waals surface area contributed by atoms with Crippen LogP contribution in [0.5, 0.6) is 11.6 Å². The van der Waals surface area contributed by atoms with Gasteiger partial charge in [0.1, 0.15) is 18.9 Å². The molecule has 4 aromatic heterocycles. The molecule has 11 nitrogen and oxygen atoms in total. The molecule has 14 heteroatoms. The number of hydrogen-bond donors (Lipinski definition) is 1. The third-order valence-electron chi connectivity index (χ3n) is 4.30. The Bertz CT molecular complexity index is 1290. The molecule has 0 atom stereocenters. The molecule has 0 unspecified atom stereocenters. The maximum absolute atomic E-state index is 12.2. The highest BCUT2D eigenvalue weighted by Crippen LogP contribution is 2.28. The van der Waals surface area contributed by atoms with E-state index in [1.165, 1.54) is 23.8 Å².